The topological polar surface area (TPSA) is 65.8 Å². The first-order chi connectivity index (χ1) is 17.1. The molecule has 2 aromatic carbocycles. The lowest BCUT2D eigenvalue weighted by atomic mass is 9.93. The van der Waals surface area contributed by atoms with Gasteiger partial charge in [-0.1, -0.05) is 55.5 Å². The summed E-state index contributed by atoms with van der Waals surface area (Å²) in [6.07, 6.45) is 4.51. The highest BCUT2D eigenvalue weighted by Crippen LogP contribution is 2.26. The Labute approximate surface area is 206 Å². The predicted molar refractivity (Wildman–Crippen MR) is 134 cm³/mol. The molecular weight excluding hydrogens is 438 g/mol. The molecule has 35 heavy (non-hydrogen) atoms. The van der Waals surface area contributed by atoms with Crippen molar-refractivity contribution < 1.29 is 14.0 Å². The zero-order valence-electron chi connectivity index (χ0n) is 20.3. The van der Waals surface area contributed by atoms with Crippen LogP contribution in [0.4, 0.5) is 0 Å². The molecule has 1 saturated heterocycles. The first-order valence-electron chi connectivity index (χ1n) is 12.6. The molecule has 6 nitrogen and oxygen atoms in total. The molecule has 2 aliphatic rings. The molecule has 2 amide bonds. The number of amides is 2. The summed E-state index contributed by atoms with van der Waals surface area (Å²) >= 11 is 0. The van der Waals surface area contributed by atoms with Gasteiger partial charge in [0.1, 0.15) is 6.04 Å². The average molecular weight is 472 g/mol. The number of benzene rings is 2. The number of furan rings is 1. The van der Waals surface area contributed by atoms with Crippen LogP contribution >= 0.6 is 0 Å². The smallest absolute Gasteiger partial charge is 0.290 e. The number of carbonyl (C=O) groups is 2. The van der Waals surface area contributed by atoms with Gasteiger partial charge in [0.25, 0.3) is 5.91 Å². The number of likely N-dealkylation sites (tertiary alicyclic amines) is 1. The van der Waals surface area contributed by atoms with Crippen LogP contribution in [0.5, 0.6) is 0 Å². The second kappa shape index (κ2) is 10.5. The highest BCUT2D eigenvalue weighted by Gasteiger charge is 2.35. The van der Waals surface area contributed by atoms with Crippen LogP contribution < -0.4 is 5.32 Å². The summed E-state index contributed by atoms with van der Waals surface area (Å²) in [6, 6.07) is 19.1. The molecule has 6 heteroatoms. The van der Waals surface area contributed by atoms with Gasteiger partial charge >= 0.3 is 0 Å². The van der Waals surface area contributed by atoms with Crippen LogP contribution in [0.3, 0.4) is 0 Å². The minimum Gasteiger partial charge on any atom is -0.459 e. The molecular formula is C29H33N3O3. The highest BCUT2D eigenvalue weighted by molar-refractivity contribution is 5.96. The Kier molecular flexibility index (Phi) is 7.00. The van der Waals surface area contributed by atoms with Gasteiger partial charge in [0.05, 0.1) is 6.26 Å². The van der Waals surface area contributed by atoms with E-state index in [1.165, 1.54) is 24.7 Å². The van der Waals surface area contributed by atoms with E-state index in [0.717, 1.165) is 42.2 Å². The van der Waals surface area contributed by atoms with Crippen LogP contribution in [0.1, 0.15) is 52.6 Å². The lowest BCUT2D eigenvalue weighted by Crippen LogP contribution is -2.52. The van der Waals surface area contributed by atoms with Crippen molar-refractivity contribution >= 4 is 11.8 Å². The summed E-state index contributed by atoms with van der Waals surface area (Å²) < 4.78 is 5.36. The van der Waals surface area contributed by atoms with Gasteiger partial charge in [0.2, 0.25) is 5.91 Å². The number of fused-ring (bicyclic) bond motifs is 1. The summed E-state index contributed by atoms with van der Waals surface area (Å²) in [4.78, 5) is 30.8. The van der Waals surface area contributed by atoms with Crippen LogP contribution in [0.15, 0.2) is 71.3 Å². The van der Waals surface area contributed by atoms with Crippen molar-refractivity contribution in [3.8, 4) is 0 Å². The molecule has 182 valence electrons. The molecule has 2 unspecified atom stereocenters. The molecule has 2 aliphatic heterocycles. The van der Waals surface area contributed by atoms with Crippen molar-refractivity contribution in [3.63, 3.8) is 0 Å². The number of nitrogens with zero attached hydrogens (tertiary/aromatic N) is 2. The number of carbonyl (C=O) groups excluding carboxylic acids is 2. The van der Waals surface area contributed by atoms with E-state index in [1.54, 1.807) is 17.0 Å². The zero-order valence-corrected chi connectivity index (χ0v) is 20.3. The van der Waals surface area contributed by atoms with Crippen molar-refractivity contribution in [1.82, 2.24) is 15.1 Å². The fourth-order valence-electron chi connectivity index (χ4n) is 5.37. The van der Waals surface area contributed by atoms with Crippen molar-refractivity contribution in [1.29, 1.82) is 0 Å². The molecule has 3 aromatic rings. The van der Waals surface area contributed by atoms with Gasteiger partial charge in [-0.3, -0.25) is 14.5 Å². The normalized spacial score (nSPS) is 20.3. The molecule has 2 atom stereocenters. The van der Waals surface area contributed by atoms with Crippen LogP contribution in [-0.4, -0.2) is 40.7 Å². The van der Waals surface area contributed by atoms with Gasteiger partial charge in [0, 0.05) is 32.6 Å². The lowest BCUT2D eigenvalue weighted by Gasteiger charge is -2.35. The maximum atomic E-state index is 13.5. The first kappa shape index (κ1) is 23.4. The predicted octanol–water partition coefficient (Wildman–Crippen LogP) is 4.40. The monoisotopic (exact) mass is 471 g/mol. The molecule has 1 N–H and O–H groups in total. The van der Waals surface area contributed by atoms with E-state index in [4.69, 9.17) is 4.42 Å². The maximum absolute atomic E-state index is 13.5. The number of nitrogens with one attached hydrogen (secondary N) is 1. The molecule has 0 bridgehead atoms. The van der Waals surface area contributed by atoms with Crippen molar-refractivity contribution in [2.24, 2.45) is 5.92 Å². The minimum atomic E-state index is -0.586. The second-order valence-corrected chi connectivity index (χ2v) is 9.87. The molecule has 0 spiro atoms. The SMILES string of the molecule is CC1CCCN(Cc2ccccc2CNC(=O)C2Cc3ccccc3CN2C(=O)c2ccco2)C1. The number of hydrogen-bond acceptors (Lipinski definition) is 4. The fourth-order valence-corrected chi connectivity index (χ4v) is 5.37. The molecule has 0 saturated carbocycles. The van der Waals surface area contributed by atoms with Gasteiger partial charge in [-0.15, -0.1) is 0 Å². The van der Waals surface area contributed by atoms with Gasteiger partial charge in [-0.25, -0.2) is 0 Å². The fraction of sp³-hybridized carbons (Fsp3) is 0.379. The summed E-state index contributed by atoms with van der Waals surface area (Å²) in [5, 5.41) is 3.13. The van der Waals surface area contributed by atoms with Gasteiger partial charge in [-0.2, -0.15) is 0 Å². The second-order valence-electron chi connectivity index (χ2n) is 9.87. The third kappa shape index (κ3) is 5.33. The third-order valence-corrected chi connectivity index (χ3v) is 7.25. The zero-order chi connectivity index (χ0) is 24.2. The molecule has 3 heterocycles. The van der Waals surface area contributed by atoms with E-state index in [1.807, 2.05) is 30.3 Å². The van der Waals surface area contributed by atoms with Crippen molar-refractivity contribution in [2.75, 3.05) is 13.1 Å². The van der Waals surface area contributed by atoms with E-state index < -0.39 is 6.04 Å². The number of piperidine rings is 1. The van der Waals surface area contributed by atoms with Crippen LogP contribution in [0.2, 0.25) is 0 Å². The Morgan fingerprint density at radius 2 is 1.77 bits per heavy atom. The highest BCUT2D eigenvalue weighted by atomic mass is 16.3. The number of hydrogen-bond donors (Lipinski definition) is 1. The quantitative estimate of drug-likeness (QED) is 0.579. The van der Waals surface area contributed by atoms with E-state index in [9.17, 15) is 9.59 Å². The molecule has 1 aromatic heterocycles. The third-order valence-electron chi connectivity index (χ3n) is 7.25. The molecule has 0 aliphatic carbocycles. The lowest BCUT2D eigenvalue weighted by molar-refractivity contribution is -0.126. The Hall–Kier alpha value is -3.38. The van der Waals surface area contributed by atoms with Crippen LogP contribution in [-0.2, 0) is 30.8 Å². The Morgan fingerprint density at radius 3 is 2.54 bits per heavy atom. The summed E-state index contributed by atoms with van der Waals surface area (Å²) in [5.74, 6) is 0.579. The molecule has 1 fully saturated rings. The summed E-state index contributed by atoms with van der Waals surface area (Å²) in [7, 11) is 0. The van der Waals surface area contributed by atoms with Crippen molar-refractivity contribution in [2.45, 2.75) is 51.9 Å². The van der Waals surface area contributed by atoms with Crippen molar-refractivity contribution in [3.05, 3.63) is 94.9 Å². The van der Waals surface area contributed by atoms with Gasteiger partial charge < -0.3 is 14.6 Å². The maximum Gasteiger partial charge on any atom is 0.290 e. The molecule has 0 radical (unpaired) electrons. The summed E-state index contributed by atoms with van der Waals surface area (Å²) in [6.45, 7) is 6.28. The van der Waals surface area contributed by atoms with Gasteiger partial charge in [0.15, 0.2) is 5.76 Å². The standard InChI is InChI=1S/C29H33N3O3/c1-21-8-6-14-31(18-21)19-24-11-5-3-10-23(24)17-30-28(33)26-16-22-9-2-4-12-25(22)20-32(26)29(34)27-13-7-15-35-27/h2-5,7,9-13,15,21,26H,6,8,14,16-20H2,1H3,(H,30,33). The van der Waals surface area contributed by atoms with Crippen LogP contribution in [0, 0.1) is 5.92 Å². The largest absolute Gasteiger partial charge is 0.459 e. The Morgan fingerprint density at radius 1 is 1.00 bits per heavy atom. The Bertz CT molecular complexity index is 1170. The van der Waals surface area contributed by atoms with E-state index in [0.29, 0.717) is 19.5 Å². The average Bonchev–Trinajstić information content (AvgIpc) is 3.42. The molecule has 5 rings (SSSR count). The van der Waals surface area contributed by atoms with Gasteiger partial charge in [-0.05, 0) is 59.7 Å². The van der Waals surface area contributed by atoms with E-state index in [-0.39, 0.29) is 17.6 Å². The minimum absolute atomic E-state index is 0.138. The number of rotatable bonds is 6. The first-order valence-corrected chi connectivity index (χ1v) is 12.6. The van der Waals surface area contributed by atoms with E-state index >= 15 is 0 Å². The van der Waals surface area contributed by atoms with E-state index in [2.05, 4.69) is 35.3 Å². The Balaban J connectivity index is 1.31. The summed E-state index contributed by atoms with van der Waals surface area (Å²) in [5.41, 5.74) is 4.55. The van der Waals surface area contributed by atoms with Crippen LogP contribution in [0.25, 0.3) is 0 Å².